The number of methoxy groups -OCH3 is 1. The molecule has 1 saturated heterocycles. The molecule has 11 nitrogen and oxygen atoms in total. The SMILES string of the molecule is COc1cc(CC(Cl)N(Cc2ccc(N3CCN(C(=O)O)CC3)cc2)C(=O)OC(C)(C)C)ccc1[N+](=O)[O-]. The standard InChI is InChI=1S/C26H33ClN4O7/c1-26(2,3)38-25(34)30(23(27)16-19-7-10-21(31(35)36)22(15-19)37-4)17-18-5-8-20(9-6-18)28-11-13-29(14-12-28)24(32)33/h5-10,15,23H,11-14,16-17H2,1-4H3,(H,32,33). The highest BCUT2D eigenvalue weighted by Crippen LogP contribution is 2.29. The van der Waals surface area contributed by atoms with E-state index in [2.05, 4.69) is 4.90 Å². The lowest BCUT2D eigenvalue weighted by atomic mass is 10.1. The van der Waals surface area contributed by atoms with Gasteiger partial charge < -0.3 is 24.4 Å². The summed E-state index contributed by atoms with van der Waals surface area (Å²) < 4.78 is 10.8. The van der Waals surface area contributed by atoms with Gasteiger partial charge in [-0.25, -0.2) is 9.59 Å². The van der Waals surface area contributed by atoms with Gasteiger partial charge in [0.2, 0.25) is 0 Å². The summed E-state index contributed by atoms with van der Waals surface area (Å²) >= 11 is 6.73. The number of hydrogen-bond acceptors (Lipinski definition) is 7. The van der Waals surface area contributed by atoms with Crippen LogP contribution in [-0.2, 0) is 17.7 Å². The van der Waals surface area contributed by atoms with E-state index in [1.807, 2.05) is 24.3 Å². The summed E-state index contributed by atoms with van der Waals surface area (Å²) in [6.45, 7) is 7.55. The second kappa shape index (κ2) is 12.2. The minimum Gasteiger partial charge on any atom is -0.490 e. The van der Waals surface area contributed by atoms with Crippen molar-refractivity contribution in [2.24, 2.45) is 0 Å². The van der Waals surface area contributed by atoms with Gasteiger partial charge in [0.25, 0.3) is 0 Å². The number of carbonyl (C=O) groups is 2. The summed E-state index contributed by atoms with van der Waals surface area (Å²) in [5, 5.41) is 20.4. The van der Waals surface area contributed by atoms with Crippen molar-refractivity contribution in [2.75, 3.05) is 38.2 Å². The first-order valence-electron chi connectivity index (χ1n) is 12.1. The van der Waals surface area contributed by atoms with E-state index in [0.29, 0.717) is 31.7 Å². The largest absolute Gasteiger partial charge is 0.490 e. The Hall–Kier alpha value is -3.73. The number of rotatable bonds is 8. The molecule has 0 radical (unpaired) electrons. The van der Waals surface area contributed by atoms with Gasteiger partial charge in [-0.05, 0) is 50.1 Å². The van der Waals surface area contributed by atoms with Crippen molar-refractivity contribution in [3.63, 3.8) is 0 Å². The van der Waals surface area contributed by atoms with Gasteiger partial charge in [-0.1, -0.05) is 29.8 Å². The van der Waals surface area contributed by atoms with Crippen molar-refractivity contribution < 1.29 is 29.1 Å². The first-order chi connectivity index (χ1) is 17.9. The van der Waals surface area contributed by atoms with Crippen LogP contribution in [0.3, 0.4) is 0 Å². The van der Waals surface area contributed by atoms with Crippen LogP contribution in [0, 0.1) is 10.1 Å². The minimum absolute atomic E-state index is 0.111. The maximum absolute atomic E-state index is 13.1. The maximum Gasteiger partial charge on any atom is 0.411 e. The number of benzene rings is 2. The predicted molar refractivity (Wildman–Crippen MR) is 143 cm³/mol. The summed E-state index contributed by atoms with van der Waals surface area (Å²) in [5.41, 5.74) is 0.760. The molecule has 38 heavy (non-hydrogen) atoms. The zero-order valence-corrected chi connectivity index (χ0v) is 22.7. The van der Waals surface area contributed by atoms with Gasteiger partial charge in [0, 0.05) is 44.4 Å². The lowest BCUT2D eigenvalue weighted by Crippen LogP contribution is -2.48. The minimum atomic E-state index is -0.912. The summed E-state index contributed by atoms with van der Waals surface area (Å²) in [7, 11) is 1.35. The number of carbonyl (C=O) groups excluding carboxylic acids is 1. The van der Waals surface area contributed by atoms with E-state index in [0.717, 1.165) is 11.3 Å². The first-order valence-corrected chi connectivity index (χ1v) is 12.6. The molecule has 1 aliphatic rings. The molecule has 2 aromatic carbocycles. The molecule has 1 heterocycles. The monoisotopic (exact) mass is 548 g/mol. The number of nitro groups is 1. The summed E-state index contributed by atoms with van der Waals surface area (Å²) in [6, 6.07) is 12.1. The number of amides is 2. The molecule has 3 rings (SSSR count). The fraction of sp³-hybridized carbons (Fsp3) is 0.462. The first kappa shape index (κ1) is 28.8. The molecule has 1 atom stereocenters. The Labute approximate surface area is 226 Å². The molecule has 1 fully saturated rings. The number of carboxylic acid groups (broad SMARTS) is 1. The Balaban J connectivity index is 1.75. The molecule has 206 valence electrons. The van der Waals surface area contributed by atoms with Crippen molar-refractivity contribution in [3.05, 3.63) is 63.7 Å². The summed E-state index contributed by atoms with van der Waals surface area (Å²) in [6.07, 6.45) is -1.29. The Morgan fingerprint density at radius 2 is 1.71 bits per heavy atom. The molecule has 2 aromatic rings. The smallest absolute Gasteiger partial charge is 0.411 e. The van der Waals surface area contributed by atoms with Crippen molar-refractivity contribution >= 4 is 35.2 Å². The summed E-state index contributed by atoms with van der Waals surface area (Å²) in [5.74, 6) is 0.111. The third-order valence-corrected chi connectivity index (χ3v) is 6.41. The van der Waals surface area contributed by atoms with Crippen LogP contribution >= 0.6 is 11.6 Å². The lowest BCUT2D eigenvalue weighted by Gasteiger charge is -2.34. The lowest BCUT2D eigenvalue weighted by molar-refractivity contribution is -0.385. The van der Waals surface area contributed by atoms with Crippen LogP contribution < -0.4 is 9.64 Å². The second-order valence-corrected chi connectivity index (χ2v) is 10.4. The number of alkyl halides is 1. The fourth-order valence-electron chi connectivity index (χ4n) is 4.07. The van der Waals surface area contributed by atoms with Crippen LogP contribution in [0.5, 0.6) is 5.75 Å². The zero-order valence-electron chi connectivity index (χ0n) is 21.9. The molecule has 1 unspecified atom stereocenters. The van der Waals surface area contributed by atoms with Gasteiger partial charge in [0.05, 0.1) is 18.6 Å². The third-order valence-electron chi connectivity index (χ3n) is 6.02. The average molecular weight is 549 g/mol. The van der Waals surface area contributed by atoms with E-state index < -0.39 is 28.2 Å². The van der Waals surface area contributed by atoms with Crippen molar-refractivity contribution in [2.45, 2.75) is 44.8 Å². The highest BCUT2D eigenvalue weighted by Gasteiger charge is 2.28. The molecular formula is C26H33ClN4O7. The van der Waals surface area contributed by atoms with Gasteiger partial charge in [-0.15, -0.1) is 0 Å². The molecular weight excluding hydrogens is 516 g/mol. The van der Waals surface area contributed by atoms with E-state index >= 15 is 0 Å². The molecule has 0 bridgehead atoms. The number of halogens is 1. The van der Waals surface area contributed by atoms with Gasteiger partial charge in [0.1, 0.15) is 11.1 Å². The van der Waals surface area contributed by atoms with Crippen LogP contribution in [0.1, 0.15) is 31.9 Å². The zero-order chi connectivity index (χ0) is 28.0. The molecule has 0 aromatic heterocycles. The normalized spacial score (nSPS) is 14.6. The molecule has 0 saturated carbocycles. The van der Waals surface area contributed by atoms with Crippen LogP contribution in [0.15, 0.2) is 42.5 Å². The van der Waals surface area contributed by atoms with Crippen molar-refractivity contribution in [3.8, 4) is 5.75 Å². The third kappa shape index (κ3) is 7.64. The molecule has 2 amide bonds. The van der Waals surface area contributed by atoms with Gasteiger partial charge in [0.15, 0.2) is 5.75 Å². The Morgan fingerprint density at radius 1 is 1.11 bits per heavy atom. The molecule has 0 spiro atoms. The second-order valence-electron chi connectivity index (χ2n) is 9.93. The van der Waals surface area contributed by atoms with Crippen molar-refractivity contribution in [1.29, 1.82) is 0 Å². The number of nitrogens with zero attached hydrogens (tertiary/aromatic N) is 4. The highest BCUT2D eigenvalue weighted by molar-refractivity contribution is 6.21. The van der Waals surface area contributed by atoms with E-state index in [1.54, 1.807) is 32.9 Å². The van der Waals surface area contributed by atoms with Crippen LogP contribution in [0.2, 0.25) is 0 Å². The molecule has 12 heteroatoms. The number of ether oxygens (including phenoxy) is 2. The molecule has 1 aliphatic heterocycles. The number of anilines is 1. The van der Waals surface area contributed by atoms with E-state index in [9.17, 15) is 19.7 Å². The Kier molecular flexibility index (Phi) is 9.26. The maximum atomic E-state index is 13.1. The van der Waals surface area contributed by atoms with Crippen LogP contribution in [0.4, 0.5) is 21.0 Å². The van der Waals surface area contributed by atoms with E-state index in [-0.39, 0.29) is 24.4 Å². The average Bonchev–Trinajstić information content (AvgIpc) is 2.86. The van der Waals surface area contributed by atoms with Crippen molar-refractivity contribution in [1.82, 2.24) is 9.80 Å². The quantitative estimate of drug-likeness (QED) is 0.212. The Bertz CT molecular complexity index is 1150. The highest BCUT2D eigenvalue weighted by atomic mass is 35.5. The summed E-state index contributed by atoms with van der Waals surface area (Å²) in [4.78, 5) is 39.9. The van der Waals surface area contributed by atoms with E-state index in [4.69, 9.17) is 26.2 Å². The fourth-order valence-corrected chi connectivity index (χ4v) is 4.39. The van der Waals surface area contributed by atoms with Crippen LogP contribution in [0.25, 0.3) is 0 Å². The number of hydrogen-bond donors (Lipinski definition) is 1. The Morgan fingerprint density at radius 3 is 2.24 bits per heavy atom. The van der Waals surface area contributed by atoms with Crippen LogP contribution in [-0.4, -0.2) is 76.4 Å². The van der Waals surface area contributed by atoms with E-state index in [1.165, 1.54) is 23.0 Å². The molecule has 0 aliphatic carbocycles. The number of nitro benzene ring substituents is 1. The topological polar surface area (TPSA) is 126 Å². The van der Waals surface area contributed by atoms with Gasteiger partial charge in [-0.3, -0.25) is 15.0 Å². The molecule has 1 N–H and O–H groups in total. The predicted octanol–water partition coefficient (Wildman–Crippen LogP) is 4.95. The van der Waals surface area contributed by atoms with Gasteiger partial charge >= 0.3 is 17.9 Å². The number of piperazine rings is 1. The van der Waals surface area contributed by atoms with Gasteiger partial charge in [-0.2, -0.15) is 0 Å².